The average molecular weight is 342 g/mol. The molecule has 0 saturated carbocycles. The first-order chi connectivity index (χ1) is 12.1. The number of urea groups is 1. The Balaban J connectivity index is 1.63. The Bertz CT molecular complexity index is 882. The van der Waals surface area contributed by atoms with Crippen LogP contribution in [0.5, 0.6) is 11.6 Å². The number of nitrogens with one attached hydrogen (secondary N) is 2. The number of anilines is 1. The molecule has 0 bridgehead atoms. The zero-order chi connectivity index (χ0) is 17.6. The topological polar surface area (TPSA) is 89.3 Å². The number of halogens is 1. The molecule has 0 aliphatic rings. The van der Waals surface area contributed by atoms with E-state index in [4.69, 9.17) is 9.26 Å². The van der Waals surface area contributed by atoms with Crippen molar-refractivity contribution in [3.8, 4) is 11.6 Å². The zero-order valence-electron chi connectivity index (χ0n) is 13.3. The van der Waals surface area contributed by atoms with Gasteiger partial charge in [-0.15, -0.1) is 0 Å². The molecule has 2 aromatic heterocycles. The van der Waals surface area contributed by atoms with Crippen molar-refractivity contribution in [1.82, 2.24) is 15.5 Å². The van der Waals surface area contributed by atoms with E-state index in [-0.39, 0.29) is 12.4 Å². The number of benzene rings is 1. The van der Waals surface area contributed by atoms with Gasteiger partial charge in [0, 0.05) is 30.4 Å². The van der Waals surface area contributed by atoms with Crippen LogP contribution in [0.4, 0.5) is 15.0 Å². The van der Waals surface area contributed by atoms with E-state index in [1.807, 2.05) is 0 Å². The third-order valence-electron chi connectivity index (χ3n) is 3.17. The summed E-state index contributed by atoms with van der Waals surface area (Å²) in [7, 11) is 0. The number of hydrogen-bond acceptors (Lipinski definition) is 5. The molecule has 0 aliphatic heterocycles. The number of carbonyl (C=O) groups is 1. The van der Waals surface area contributed by atoms with Crippen LogP contribution in [0.25, 0.3) is 0 Å². The number of carbonyl (C=O) groups excluding carboxylic acids is 1. The van der Waals surface area contributed by atoms with Crippen LogP contribution in [0.1, 0.15) is 11.3 Å². The fourth-order valence-corrected chi connectivity index (χ4v) is 2.05. The largest absolute Gasteiger partial charge is 0.439 e. The number of hydrogen-bond donors (Lipinski definition) is 2. The molecule has 2 heterocycles. The third-order valence-corrected chi connectivity index (χ3v) is 3.17. The standard InChI is InChI=1S/C17H15FN4O3/c1-11-8-15(22-25-11)21-17(23)20-10-12-4-3-7-19-16(12)24-14-6-2-5-13(18)9-14/h2-9H,10H2,1H3,(H2,20,21,22,23). The highest BCUT2D eigenvalue weighted by molar-refractivity contribution is 5.88. The summed E-state index contributed by atoms with van der Waals surface area (Å²) in [5.41, 5.74) is 0.637. The van der Waals surface area contributed by atoms with Gasteiger partial charge in [0.2, 0.25) is 5.88 Å². The van der Waals surface area contributed by atoms with Crippen LogP contribution >= 0.6 is 0 Å². The van der Waals surface area contributed by atoms with Gasteiger partial charge in [-0.2, -0.15) is 0 Å². The van der Waals surface area contributed by atoms with Gasteiger partial charge in [0.15, 0.2) is 5.82 Å². The Morgan fingerprint density at radius 1 is 1.28 bits per heavy atom. The Morgan fingerprint density at radius 2 is 2.16 bits per heavy atom. The van der Waals surface area contributed by atoms with Crippen LogP contribution in [0, 0.1) is 12.7 Å². The summed E-state index contributed by atoms with van der Waals surface area (Å²) < 4.78 is 23.7. The number of aromatic nitrogens is 2. The molecule has 8 heteroatoms. The molecule has 0 aliphatic carbocycles. The van der Waals surface area contributed by atoms with Gasteiger partial charge in [-0.25, -0.2) is 14.2 Å². The van der Waals surface area contributed by atoms with E-state index in [9.17, 15) is 9.18 Å². The molecular formula is C17H15FN4O3. The van der Waals surface area contributed by atoms with Crippen molar-refractivity contribution in [1.29, 1.82) is 0 Å². The number of rotatable bonds is 5. The molecule has 0 atom stereocenters. The molecular weight excluding hydrogens is 327 g/mol. The summed E-state index contributed by atoms with van der Waals surface area (Å²) in [6, 6.07) is 10.4. The summed E-state index contributed by atoms with van der Waals surface area (Å²) >= 11 is 0. The van der Waals surface area contributed by atoms with Gasteiger partial charge in [-0.05, 0) is 25.1 Å². The van der Waals surface area contributed by atoms with Gasteiger partial charge < -0.3 is 14.6 Å². The molecule has 25 heavy (non-hydrogen) atoms. The minimum atomic E-state index is -0.450. The highest BCUT2D eigenvalue weighted by Crippen LogP contribution is 2.23. The maximum absolute atomic E-state index is 13.3. The molecule has 7 nitrogen and oxygen atoms in total. The van der Waals surface area contributed by atoms with E-state index in [0.717, 1.165) is 0 Å². The van der Waals surface area contributed by atoms with E-state index in [2.05, 4.69) is 20.8 Å². The van der Waals surface area contributed by atoms with E-state index in [1.165, 1.54) is 12.1 Å². The van der Waals surface area contributed by atoms with Crippen molar-refractivity contribution in [3.63, 3.8) is 0 Å². The first kappa shape index (κ1) is 16.4. The summed E-state index contributed by atoms with van der Waals surface area (Å²) in [6.45, 7) is 1.89. The normalized spacial score (nSPS) is 10.3. The molecule has 2 N–H and O–H groups in total. The Hall–Kier alpha value is -3.42. The molecule has 3 aromatic rings. The second kappa shape index (κ2) is 7.43. The number of amides is 2. The maximum Gasteiger partial charge on any atom is 0.320 e. The highest BCUT2D eigenvalue weighted by Gasteiger charge is 2.10. The Morgan fingerprint density at radius 3 is 2.92 bits per heavy atom. The quantitative estimate of drug-likeness (QED) is 0.739. The maximum atomic E-state index is 13.3. The number of aryl methyl sites for hydroxylation is 1. The minimum absolute atomic E-state index is 0.168. The van der Waals surface area contributed by atoms with Crippen molar-refractivity contribution < 1.29 is 18.4 Å². The lowest BCUT2D eigenvalue weighted by Gasteiger charge is -2.11. The predicted molar refractivity (Wildman–Crippen MR) is 87.8 cm³/mol. The number of nitrogens with zero attached hydrogens (tertiary/aromatic N) is 2. The van der Waals surface area contributed by atoms with Gasteiger partial charge >= 0.3 is 6.03 Å². The van der Waals surface area contributed by atoms with E-state index in [0.29, 0.717) is 22.9 Å². The molecule has 128 valence electrons. The van der Waals surface area contributed by atoms with Crippen LogP contribution in [0.15, 0.2) is 53.2 Å². The van der Waals surface area contributed by atoms with Gasteiger partial charge in [0.05, 0.1) is 0 Å². The van der Waals surface area contributed by atoms with Crippen molar-refractivity contribution in [2.45, 2.75) is 13.5 Å². The summed E-state index contributed by atoms with van der Waals surface area (Å²) in [4.78, 5) is 16.0. The van der Waals surface area contributed by atoms with Gasteiger partial charge in [0.25, 0.3) is 0 Å². The van der Waals surface area contributed by atoms with Crippen LogP contribution in [-0.4, -0.2) is 16.2 Å². The second-order valence-corrected chi connectivity index (χ2v) is 5.16. The van der Waals surface area contributed by atoms with E-state index in [1.54, 1.807) is 43.5 Å². The molecule has 0 saturated heterocycles. The monoisotopic (exact) mass is 342 g/mol. The summed E-state index contributed by atoms with van der Waals surface area (Å²) in [6.07, 6.45) is 1.55. The fraction of sp³-hybridized carbons (Fsp3) is 0.118. The lowest BCUT2D eigenvalue weighted by Crippen LogP contribution is -2.28. The predicted octanol–water partition coefficient (Wildman–Crippen LogP) is 3.63. The van der Waals surface area contributed by atoms with Crippen molar-refractivity contribution in [3.05, 3.63) is 65.8 Å². The van der Waals surface area contributed by atoms with Crippen molar-refractivity contribution in [2.24, 2.45) is 0 Å². The lowest BCUT2D eigenvalue weighted by atomic mass is 10.2. The van der Waals surface area contributed by atoms with Crippen LogP contribution in [0.3, 0.4) is 0 Å². The van der Waals surface area contributed by atoms with E-state index >= 15 is 0 Å². The van der Waals surface area contributed by atoms with Crippen molar-refractivity contribution >= 4 is 11.8 Å². The molecule has 0 fully saturated rings. The van der Waals surface area contributed by atoms with Crippen LogP contribution in [-0.2, 0) is 6.54 Å². The van der Waals surface area contributed by atoms with Crippen LogP contribution < -0.4 is 15.4 Å². The molecule has 0 radical (unpaired) electrons. The van der Waals surface area contributed by atoms with Gasteiger partial charge in [-0.3, -0.25) is 5.32 Å². The first-order valence-corrected chi connectivity index (χ1v) is 7.45. The molecule has 0 spiro atoms. The minimum Gasteiger partial charge on any atom is -0.439 e. The third kappa shape index (κ3) is 4.54. The highest BCUT2D eigenvalue weighted by atomic mass is 19.1. The van der Waals surface area contributed by atoms with Gasteiger partial charge in [0.1, 0.15) is 17.3 Å². The van der Waals surface area contributed by atoms with Gasteiger partial charge in [-0.1, -0.05) is 17.3 Å². The number of pyridine rings is 1. The Labute approximate surface area is 142 Å². The zero-order valence-corrected chi connectivity index (χ0v) is 13.3. The average Bonchev–Trinajstić information content (AvgIpc) is 2.99. The van der Waals surface area contributed by atoms with Crippen molar-refractivity contribution in [2.75, 3.05) is 5.32 Å². The molecule has 1 aromatic carbocycles. The summed E-state index contributed by atoms with van der Waals surface area (Å²) in [5, 5.41) is 8.89. The number of ether oxygens (including phenoxy) is 1. The molecule has 2 amide bonds. The molecule has 0 unspecified atom stereocenters. The smallest absolute Gasteiger partial charge is 0.320 e. The van der Waals surface area contributed by atoms with E-state index < -0.39 is 11.8 Å². The molecule has 3 rings (SSSR count). The second-order valence-electron chi connectivity index (χ2n) is 5.16. The Kier molecular flexibility index (Phi) is 4.89. The lowest BCUT2D eigenvalue weighted by molar-refractivity contribution is 0.251. The first-order valence-electron chi connectivity index (χ1n) is 7.45. The van der Waals surface area contributed by atoms with Crippen LogP contribution in [0.2, 0.25) is 0 Å². The SMILES string of the molecule is Cc1cc(NC(=O)NCc2cccnc2Oc2cccc(F)c2)no1. The summed E-state index contributed by atoms with van der Waals surface area (Å²) in [5.74, 6) is 1.11. The fourth-order valence-electron chi connectivity index (χ4n) is 2.05.